The molecule has 2 aromatic rings. The molecule has 0 saturated heterocycles. The number of fused-ring (bicyclic) bond motifs is 1. The van der Waals surface area contributed by atoms with Gasteiger partial charge in [0.2, 0.25) is 0 Å². The van der Waals surface area contributed by atoms with E-state index < -0.39 is 0 Å². The van der Waals surface area contributed by atoms with Crippen LogP contribution in [0.2, 0.25) is 0 Å². The molecular formula is C11H14N2O. The molecule has 0 radical (unpaired) electrons. The summed E-state index contributed by atoms with van der Waals surface area (Å²) in [6.07, 6.45) is 0. The van der Waals surface area contributed by atoms with Crippen LogP contribution in [0.3, 0.4) is 0 Å². The molecule has 1 heterocycles. The van der Waals surface area contributed by atoms with Gasteiger partial charge in [-0.1, -0.05) is 18.2 Å². The van der Waals surface area contributed by atoms with Gasteiger partial charge in [-0.15, -0.1) is 0 Å². The number of hydrogen-bond donors (Lipinski definition) is 1. The molecule has 3 heteroatoms. The molecule has 3 nitrogen and oxygen atoms in total. The van der Waals surface area contributed by atoms with Gasteiger partial charge in [0.1, 0.15) is 6.61 Å². The van der Waals surface area contributed by atoms with Crippen molar-refractivity contribution in [2.24, 2.45) is 12.8 Å². The van der Waals surface area contributed by atoms with E-state index in [-0.39, 0.29) is 0 Å². The van der Waals surface area contributed by atoms with Crippen molar-refractivity contribution in [3.05, 3.63) is 30.3 Å². The first kappa shape index (κ1) is 9.09. The molecule has 0 spiro atoms. The maximum atomic E-state index is 5.51. The van der Waals surface area contributed by atoms with E-state index >= 15 is 0 Å². The molecule has 0 atom stereocenters. The lowest BCUT2D eigenvalue weighted by Crippen LogP contribution is -2.11. The maximum absolute atomic E-state index is 5.51. The van der Waals surface area contributed by atoms with Gasteiger partial charge in [-0.05, 0) is 6.07 Å². The van der Waals surface area contributed by atoms with E-state index in [2.05, 4.69) is 12.1 Å². The monoisotopic (exact) mass is 190 g/mol. The van der Waals surface area contributed by atoms with Crippen molar-refractivity contribution >= 4 is 10.9 Å². The Morgan fingerprint density at radius 1 is 1.36 bits per heavy atom. The first-order chi connectivity index (χ1) is 6.83. The van der Waals surface area contributed by atoms with Gasteiger partial charge in [0.05, 0.1) is 5.52 Å². The molecule has 2 rings (SSSR count). The van der Waals surface area contributed by atoms with Crippen molar-refractivity contribution in [1.29, 1.82) is 0 Å². The smallest absolute Gasteiger partial charge is 0.194 e. The third kappa shape index (κ3) is 1.46. The number of nitrogens with two attached hydrogens (primary N) is 1. The summed E-state index contributed by atoms with van der Waals surface area (Å²) in [5.41, 5.74) is 6.57. The summed E-state index contributed by atoms with van der Waals surface area (Å²) >= 11 is 0. The lowest BCUT2D eigenvalue weighted by Gasteiger charge is -2.05. The number of nitrogens with zero attached hydrogens (tertiary/aromatic N) is 1. The Bertz CT molecular complexity index is 434. The fraction of sp³-hybridized carbons (Fsp3) is 0.273. The molecule has 0 fully saturated rings. The van der Waals surface area contributed by atoms with Crippen molar-refractivity contribution in [3.8, 4) is 5.88 Å². The van der Waals surface area contributed by atoms with Gasteiger partial charge < -0.3 is 15.0 Å². The molecule has 0 amide bonds. The summed E-state index contributed by atoms with van der Waals surface area (Å²) in [5, 5.41) is 1.20. The molecule has 0 aliphatic carbocycles. The van der Waals surface area contributed by atoms with Gasteiger partial charge in [0.15, 0.2) is 5.88 Å². The lowest BCUT2D eigenvalue weighted by molar-refractivity contribution is 0.306. The van der Waals surface area contributed by atoms with Gasteiger partial charge in [-0.2, -0.15) is 0 Å². The SMILES string of the molecule is Cn1c(OCCN)cc2ccccc21. The third-order valence-corrected chi connectivity index (χ3v) is 2.28. The van der Waals surface area contributed by atoms with Crippen molar-refractivity contribution in [3.63, 3.8) is 0 Å². The molecule has 0 aliphatic heterocycles. The van der Waals surface area contributed by atoms with Gasteiger partial charge >= 0.3 is 0 Å². The average molecular weight is 190 g/mol. The zero-order chi connectivity index (χ0) is 9.97. The minimum atomic E-state index is 0.543. The van der Waals surface area contributed by atoms with Gasteiger partial charge in [-0.25, -0.2) is 0 Å². The number of aromatic nitrogens is 1. The zero-order valence-electron chi connectivity index (χ0n) is 8.23. The molecule has 1 aromatic carbocycles. The fourth-order valence-corrected chi connectivity index (χ4v) is 1.57. The Hall–Kier alpha value is -1.48. The topological polar surface area (TPSA) is 40.2 Å². The first-order valence-corrected chi connectivity index (χ1v) is 4.70. The highest BCUT2D eigenvalue weighted by Gasteiger charge is 2.04. The molecular weight excluding hydrogens is 176 g/mol. The molecule has 1 aromatic heterocycles. The van der Waals surface area contributed by atoms with E-state index in [9.17, 15) is 0 Å². The number of para-hydroxylation sites is 1. The highest BCUT2D eigenvalue weighted by molar-refractivity contribution is 5.82. The Morgan fingerprint density at radius 2 is 2.14 bits per heavy atom. The second-order valence-electron chi connectivity index (χ2n) is 3.24. The van der Waals surface area contributed by atoms with Crippen molar-refractivity contribution in [2.75, 3.05) is 13.2 Å². The van der Waals surface area contributed by atoms with Crippen LogP contribution in [-0.4, -0.2) is 17.7 Å². The second kappa shape index (κ2) is 3.72. The van der Waals surface area contributed by atoms with Gasteiger partial charge in [0.25, 0.3) is 0 Å². The quantitative estimate of drug-likeness (QED) is 0.797. The van der Waals surface area contributed by atoms with E-state index in [1.165, 1.54) is 10.9 Å². The fourth-order valence-electron chi connectivity index (χ4n) is 1.57. The summed E-state index contributed by atoms with van der Waals surface area (Å²) in [6.45, 7) is 1.10. The Labute approximate surface area is 83.1 Å². The molecule has 2 N–H and O–H groups in total. The van der Waals surface area contributed by atoms with Crippen molar-refractivity contribution in [2.45, 2.75) is 0 Å². The predicted molar refractivity (Wildman–Crippen MR) is 57.5 cm³/mol. The lowest BCUT2D eigenvalue weighted by atomic mass is 10.2. The summed E-state index contributed by atoms with van der Waals surface area (Å²) in [4.78, 5) is 0. The molecule has 0 unspecified atom stereocenters. The number of hydrogen-bond acceptors (Lipinski definition) is 2. The van der Waals surface area contributed by atoms with Crippen LogP contribution in [0.5, 0.6) is 5.88 Å². The summed E-state index contributed by atoms with van der Waals surface area (Å²) < 4.78 is 7.54. The maximum Gasteiger partial charge on any atom is 0.194 e. The van der Waals surface area contributed by atoms with E-state index in [1.807, 2.05) is 29.8 Å². The molecule has 0 saturated carbocycles. The Kier molecular flexibility index (Phi) is 2.41. The number of aryl methyl sites for hydroxylation is 1. The van der Waals surface area contributed by atoms with Crippen molar-refractivity contribution < 1.29 is 4.74 Å². The Balaban J connectivity index is 2.41. The minimum absolute atomic E-state index is 0.543. The average Bonchev–Trinajstić information content (AvgIpc) is 2.54. The molecule has 14 heavy (non-hydrogen) atoms. The summed E-state index contributed by atoms with van der Waals surface area (Å²) in [6, 6.07) is 10.2. The summed E-state index contributed by atoms with van der Waals surface area (Å²) in [5.74, 6) is 0.872. The van der Waals surface area contributed by atoms with Crippen LogP contribution in [-0.2, 0) is 7.05 Å². The largest absolute Gasteiger partial charge is 0.477 e. The van der Waals surface area contributed by atoms with Crippen molar-refractivity contribution in [1.82, 2.24) is 4.57 Å². The van der Waals surface area contributed by atoms with Crippen LogP contribution in [0.25, 0.3) is 10.9 Å². The summed E-state index contributed by atoms with van der Waals surface area (Å²) in [7, 11) is 1.99. The second-order valence-corrected chi connectivity index (χ2v) is 3.24. The molecule has 0 bridgehead atoms. The Morgan fingerprint density at radius 3 is 2.86 bits per heavy atom. The van der Waals surface area contributed by atoms with E-state index in [4.69, 9.17) is 10.5 Å². The van der Waals surface area contributed by atoms with Crippen LogP contribution in [0, 0.1) is 0 Å². The van der Waals surface area contributed by atoms with Crippen LogP contribution in [0.15, 0.2) is 30.3 Å². The molecule has 74 valence electrons. The zero-order valence-corrected chi connectivity index (χ0v) is 8.23. The number of benzene rings is 1. The van der Waals surface area contributed by atoms with E-state index in [0.717, 1.165) is 5.88 Å². The highest BCUT2D eigenvalue weighted by atomic mass is 16.5. The van der Waals surface area contributed by atoms with Gasteiger partial charge in [0, 0.05) is 25.0 Å². The number of rotatable bonds is 3. The third-order valence-electron chi connectivity index (χ3n) is 2.28. The van der Waals surface area contributed by atoms with Crippen LogP contribution < -0.4 is 10.5 Å². The van der Waals surface area contributed by atoms with Crippen LogP contribution >= 0.6 is 0 Å². The molecule has 0 aliphatic rings. The minimum Gasteiger partial charge on any atom is -0.477 e. The first-order valence-electron chi connectivity index (χ1n) is 4.70. The standard InChI is InChI=1S/C11H14N2O/c1-13-10-5-3-2-4-9(10)8-11(13)14-7-6-12/h2-5,8H,6-7,12H2,1H3. The van der Waals surface area contributed by atoms with Crippen LogP contribution in [0.4, 0.5) is 0 Å². The van der Waals surface area contributed by atoms with E-state index in [1.54, 1.807) is 0 Å². The predicted octanol–water partition coefficient (Wildman–Crippen LogP) is 1.52. The number of ether oxygens (including phenoxy) is 1. The van der Waals surface area contributed by atoms with Crippen LogP contribution in [0.1, 0.15) is 0 Å². The van der Waals surface area contributed by atoms with E-state index in [0.29, 0.717) is 13.2 Å². The highest BCUT2D eigenvalue weighted by Crippen LogP contribution is 2.23. The van der Waals surface area contributed by atoms with Gasteiger partial charge in [-0.3, -0.25) is 0 Å². The normalized spacial score (nSPS) is 10.7.